The van der Waals surface area contributed by atoms with Crippen molar-refractivity contribution in [3.8, 4) is 0 Å². The highest BCUT2D eigenvalue weighted by molar-refractivity contribution is 7.99. The van der Waals surface area contributed by atoms with Crippen LogP contribution in [0.25, 0.3) is 0 Å². The number of thioether (sulfide) groups is 1. The van der Waals surface area contributed by atoms with Crippen LogP contribution in [0.1, 0.15) is 10.9 Å². The predicted octanol–water partition coefficient (Wildman–Crippen LogP) is 4.76. The first-order chi connectivity index (χ1) is 10.6. The number of nitrogens with one attached hydrogen (secondary N) is 1. The normalized spacial score (nSPS) is 17.5. The quantitative estimate of drug-likeness (QED) is 0.857. The Morgan fingerprint density at radius 2 is 2.09 bits per heavy atom. The van der Waals surface area contributed by atoms with Crippen molar-refractivity contribution in [2.75, 3.05) is 17.6 Å². The number of carbonyl (C=O) groups is 1. The summed E-state index contributed by atoms with van der Waals surface area (Å²) in [6.07, 6.45) is 0. The van der Waals surface area contributed by atoms with E-state index in [2.05, 4.69) is 5.32 Å². The van der Waals surface area contributed by atoms with Gasteiger partial charge >= 0.3 is 6.03 Å². The van der Waals surface area contributed by atoms with Gasteiger partial charge in [0, 0.05) is 28.6 Å². The molecule has 1 atom stereocenters. The second-order valence-electron chi connectivity index (χ2n) is 4.88. The summed E-state index contributed by atoms with van der Waals surface area (Å²) in [7, 11) is 0. The zero-order chi connectivity index (χ0) is 15.5. The molecule has 0 radical (unpaired) electrons. The number of urea groups is 1. The zero-order valence-electron chi connectivity index (χ0n) is 11.6. The molecule has 2 amide bonds. The van der Waals surface area contributed by atoms with Crippen molar-refractivity contribution in [3.63, 3.8) is 0 Å². The Labute approximate surface area is 137 Å². The molecule has 1 heterocycles. The fraction of sp³-hybridized carbons (Fsp3) is 0.188. The first kappa shape index (κ1) is 15.2. The van der Waals surface area contributed by atoms with Crippen LogP contribution in [0.2, 0.25) is 5.02 Å². The lowest BCUT2D eigenvalue weighted by Crippen LogP contribution is -2.34. The maximum atomic E-state index is 13.2. The smallest absolute Gasteiger partial charge is 0.308 e. The second-order valence-corrected chi connectivity index (χ2v) is 6.47. The number of benzene rings is 2. The molecule has 0 saturated carbocycles. The van der Waals surface area contributed by atoms with Gasteiger partial charge in [0.25, 0.3) is 0 Å². The van der Waals surface area contributed by atoms with Crippen molar-refractivity contribution in [1.82, 2.24) is 4.90 Å². The molecule has 2 aromatic carbocycles. The molecule has 0 aliphatic carbocycles. The highest BCUT2D eigenvalue weighted by Crippen LogP contribution is 2.40. The summed E-state index contributed by atoms with van der Waals surface area (Å²) in [5.41, 5.74) is 1.36. The highest BCUT2D eigenvalue weighted by atomic mass is 35.5. The average Bonchev–Trinajstić information content (AvgIpc) is 2.97. The van der Waals surface area contributed by atoms with E-state index in [-0.39, 0.29) is 17.2 Å². The van der Waals surface area contributed by atoms with Crippen molar-refractivity contribution >= 4 is 35.1 Å². The standard InChI is InChI=1S/C16H14ClFN2OS/c17-14-7-2-1-6-13(14)15-20(8-9-22-15)16(21)19-12-5-3-4-11(18)10-12/h1-7,10,15H,8-9H2,(H,19,21). The van der Waals surface area contributed by atoms with Gasteiger partial charge in [0.15, 0.2) is 0 Å². The summed E-state index contributed by atoms with van der Waals surface area (Å²) in [4.78, 5) is 14.2. The zero-order valence-corrected chi connectivity index (χ0v) is 13.2. The number of halogens is 2. The van der Waals surface area contributed by atoms with Gasteiger partial charge in [-0.05, 0) is 24.3 Å². The second kappa shape index (κ2) is 6.58. The van der Waals surface area contributed by atoms with Crippen LogP contribution >= 0.6 is 23.4 Å². The van der Waals surface area contributed by atoms with E-state index in [1.165, 1.54) is 12.1 Å². The molecule has 6 heteroatoms. The van der Waals surface area contributed by atoms with E-state index in [0.717, 1.165) is 11.3 Å². The molecule has 3 nitrogen and oxygen atoms in total. The molecule has 0 aromatic heterocycles. The molecule has 1 fully saturated rings. The molecular formula is C16H14ClFN2OS. The van der Waals surface area contributed by atoms with Crippen molar-refractivity contribution in [3.05, 3.63) is 64.9 Å². The minimum atomic E-state index is -0.378. The Bertz CT molecular complexity index is 697. The van der Waals surface area contributed by atoms with E-state index < -0.39 is 0 Å². The van der Waals surface area contributed by atoms with Gasteiger partial charge in [0.05, 0.1) is 0 Å². The van der Waals surface area contributed by atoms with E-state index in [9.17, 15) is 9.18 Å². The molecule has 1 N–H and O–H groups in total. The molecule has 0 spiro atoms. The van der Waals surface area contributed by atoms with Crippen LogP contribution in [0.15, 0.2) is 48.5 Å². The summed E-state index contributed by atoms with van der Waals surface area (Å²) < 4.78 is 13.2. The van der Waals surface area contributed by atoms with Gasteiger partial charge < -0.3 is 10.2 Å². The van der Waals surface area contributed by atoms with Crippen LogP contribution in [-0.2, 0) is 0 Å². The van der Waals surface area contributed by atoms with Crippen LogP contribution in [0, 0.1) is 5.82 Å². The molecule has 22 heavy (non-hydrogen) atoms. The maximum Gasteiger partial charge on any atom is 0.323 e. The molecule has 114 valence electrons. The van der Waals surface area contributed by atoms with Gasteiger partial charge in [0.1, 0.15) is 11.2 Å². The highest BCUT2D eigenvalue weighted by Gasteiger charge is 2.31. The molecule has 1 saturated heterocycles. The fourth-order valence-corrected chi connectivity index (χ4v) is 3.97. The van der Waals surface area contributed by atoms with E-state index in [4.69, 9.17) is 11.6 Å². The van der Waals surface area contributed by atoms with Crippen LogP contribution < -0.4 is 5.32 Å². The van der Waals surface area contributed by atoms with E-state index in [0.29, 0.717) is 17.3 Å². The summed E-state index contributed by atoms with van der Waals surface area (Å²) in [6.45, 7) is 0.627. The Hall–Kier alpha value is -1.72. The first-order valence-corrected chi connectivity index (χ1v) is 8.27. The lowest BCUT2D eigenvalue weighted by molar-refractivity contribution is 0.214. The lowest BCUT2D eigenvalue weighted by atomic mass is 10.2. The van der Waals surface area contributed by atoms with Crippen molar-refractivity contribution in [2.45, 2.75) is 5.37 Å². The number of hydrogen-bond acceptors (Lipinski definition) is 2. The largest absolute Gasteiger partial charge is 0.323 e. The first-order valence-electron chi connectivity index (χ1n) is 6.84. The third-order valence-corrected chi connectivity index (χ3v) is 4.99. The molecule has 3 rings (SSSR count). The number of rotatable bonds is 2. The number of nitrogens with zero attached hydrogens (tertiary/aromatic N) is 1. The Morgan fingerprint density at radius 3 is 2.86 bits per heavy atom. The van der Waals surface area contributed by atoms with Gasteiger partial charge in [-0.1, -0.05) is 35.9 Å². The number of carbonyl (C=O) groups excluding carboxylic acids is 1. The van der Waals surface area contributed by atoms with Gasteiger partial charge in [-0.25, -0.2) is 9.18 Å². The fourth-order valence-electron chi connectivity index (χ4n) is 2.37. The van der Waals surface area contributed by atoms with Gasteiger partial charge in [-0.15, -0.1) is 11.8 Å². The van der Waals surface area contributed by atoms with Crippen molar-refractivity contribution in [2.24, 2.45) is 0 Å². The summed E-state index contributed by atoms with van der Waals surface area (Å²) in [5.74, 6) is 0.461. The van der Waals surface area contributed by atoms with Crippen LogP contribution in [0.5, 0.6) is 0 Å². The van der Waals surface area contributed by atoms with Gasteiger partial charge in [0.2, 0.25) is 0 Å². The Kier molecular flexibility index (Phi) is 4.55. The molecule has 1 unspecified atom stereocenters. The van der Waals surface area contributed by atoms with Crippen LogP contribution in [0.4, 0.5) is 14.9 Å². The predicted molar refractivity (Wildman–Crippen MR) is 88.8 cm³/mol. The third-order valence-electron chi connectivity index (χ3n) is 3.40. The molecule has 0 bridgehead atoms. The minimum absolute atomic E-state index is 0.123. The SMILES string of the molecule is O=C(Nc1cccc(F)c1)N1CCSC1c1ccccc1Cl. The van der Waals surface area contributed by atoms with Crippen LogP contribution in [0.3, 0.4) is 0 Å². The van der Waals surface area contributed by atoms with Crippen molar-refractivity contribution < 1.29 is 9.18 Å². The third kappa shape index (κ3) is 3.20. The molecule has 1 aliphatic rings. The van der Waals surface area contributed by atoms with Crippen molar-refractivity contribution in [1.29, 1.82) is 0 Å². The lowest BCUT2D eigenvalue weighted by Gasteiger charge is -2.25. The Balaban J connectivity index is 1.78. The number of anilines is 1. The molecular weight excluding hydrogens is 323 g/mol. The topological polar surface area (TPSA) is 32.3 Å². The van der Waals surface area contributed by atoms with E-state index >= 15 is 0 Å². The summed E-state index contributed by atoms with van der Waals surface area (Å²) in [5, 5.41) is 3.26. The molecule has 1 aliphatic heterocycles. The Morgan fingerprint density at radius 1 is 1.27 bits per heavy atom. The van der Waals surface area contributed by atoms with E-state index in [1.807, 2.05) is 24.3 Å². The van der Waals surface area contributed by atoms with E-state index in [1.54, 1.807) is 28.8 Å². The minimum Gasteiger partial charge on any atom is -0.308 e. The monoisotopic (exact) mass is 336 g/mol. The number of amides is 2. The maximum absolute atomic E-state index is 13.2. The molecule has 2 aromatic rings. The van der Waals surface area contributed by atoms with Crippen LogP contribution in [-0.4, -0.2) is 23.2 Å². The van der Waals surface area contributed by atoms with Gasteiger partial charge in [-0.3, -0.25) is 0 Å². The average molecular weight is 337 g/mol. The summed E-state index contributed by atoms with van der Waals surface area (Å²) >= 11 is 7.90. The summed E-state index contributed by atoms with van der Waals surface area (Å²) in [6, 6.07) is 13.1. The number of hydrogen-bond donors (Lipinski definition) is 1. The van der Waals surface area contributed by atoms with Gasteiger partial charge in [-0.2, -0.15) is 0 Å².